The third-order valence-electron chi connectivity index (χ3n) is 5.91. The summed E-state index contributed by atoms with van der Waals surface area (Å²) in [6, 6.07) is 10.2. The van der Waals surface area contributed by atoms with Crippen molar-refractivity contribution in [3.05, 3.63) is 30.3 Å². The van der Waals surface area contributed by atoms with Gasteiger partial charge in [-0.05, 0) is 25.0 Å². The number of urea groups is 1. The lowest BCUT2D eigenvalue weighted by molar-refractivity contribution is -0.131. The first-order chi connectivity index (χ1) is 14.5. The number of rotatable bonds is 5. The molecule has 0 aliphatic carbocycles. The summed E-state index contributed by atoms with van der Waals surface area (Å²) in [5, 5.41) is 2.91. The molecule has 8 nitrogen and oxygen atoms in total. The average Bonchev–Trinajstić information content (AvgIpc) is 2.79. The van der Waals surface area contributed by atoms with Crippen molar-refractivity contribution in [2.24, 2.45) is 5.92 Å². The number of benzene rings is 1. The van der Waals surface area contributed by atoms with Crippen molar-refractivity contribution in [2.75, 3.05) is 64.8 Å². The summed E-state index contributed by atoms with van der Waals surface area (Å²) in [5.41, 5.74) is 1.19. The highest BCUT2D eigenvalue weighted by atomic mass is 16.2. The average molecular weight is 416 g/mol. The van der Waals surface area contributed by atoms with Gasteiger partial charge in [0.15, 0.2) is 0 Å². The number of carbonyl (C=O) groups excluding carboxylic acids is 3. The molecule has 1 aromatic rings. The van der Waals surface area contributed by atoms with Crippen LogP contribution in [0.5, 0.6) is 0 Å². The van der Waals surface area contributed by atoms with Gasteiger partial charge in [0, 0.05) is 77.9 Å². The van der Waals surface area contributed by atoms with E-state index in [-0.39, 0.29) is 23.8 Å². The van der Waals surface area contributed by atoms with Crippen LogP contribution in [0.2, 0.25) is 0 Å². The molecule has 3 rings (SSSR count). The third-order valence-corrected chi connectivity index (χ3v) is 5.91. The standard InChI is InChI=1S/C22H33N5O3/c1-24(2)22(30)27-12-9-18(10-13-27)21(29)23-11-8-20(28)26-16-14-25(15-17-26)19-6-4-3-5-7-19/h3-7,18H,8-17H2,1-2H3,(H,23,29). The van der Waals surface area contributed by atoms with Gasteiger partial charge in [-0.15, -0.1) is 0 Å². The number of piperazine rings is 1. The van der Waals surface area contributed by atoms with Crippen molar-refractivity contribution in [3.63, 3.8) is 0 Å². The number of para-hydroxylation sites is 1. The van der Waals surface area contributed by atoms with E-state index in [2.05, 4.69) is 22.3 Å². The van der Waals surface area contributed by atoms with Gasteiger partial charge in [-0.1, -0.05) is 18.2 Å². The molecule has 30 heavy (non-hydrogen) atoms. The van der Waals surface area contributed by atoms with Gasteiger partial charge in [-0.25, -0.2) is 4.79 Å². The fraction of sp³-hybridized carbons (Fsp3) is 0.591. The van der Waals surface area contributed by atoms with E-state index in [0.29, 0.717) is 52.0 Å². The Morgan fingerprint density at radius 3 is 2.17 bits per heavy atom. The second kappa shape index (κ2) is 10.3. The van der Waals surface area contributed by atoms with Crippen molar-refractivity contribution < 1.29 is 14.4 Å². The van der Waals surface area contributed by atoms with Crippen LogP contribution in [0.1, 0.15) is 19.3 Å². The summed E-state index contributed by atoms with van der Waals surface area (Å²) >= 11 is 0. The topological polar surface area (TPSA) is 76.2 Å². The van der Waals surface area contributed by atoms with Crippen molar-refractivity contribution in [1.29, 1.82) is 0 Å². The molecule has 164 valence electrons. The zero-order valence-corrected chi connectivity index (χ0v) is 18.0. The Labute approximate surface area is 178 Å². The molecule has 0 radical (unpaired) electrons. The fourth-order valence-corrected chi connectivity index (χ4v) is 4.06. The van der Waals surface area contributed by atoms with Crippen LogP contribution in [0.4, 0.5) is 10.5 Å². The van der Waals surface area contributed by atoms with E-state index in [1.165, 1.54) is 5.69 Å². The minimum absolute atomic E-state index is 0.00588. The number of carbonyl (C=O) groups is 3. The van der Waals surface area contributed by atoms with Crippen LogP contribution in [0.25, 0.3) is 0 Å². The molecule has 0 bridgehead atoms. The van der Waals surface area contributed by atoms with Gasteiger partial charge in [0.25, 0.3) is 0 Å². The number of nitrogens with zero attached hydrogens (tertiary/aromatic N) is 4. The van der Waals surface area contributed by atoms with Gasteiger partial charge in [0.1, 0.15) is 0 Å². The molecule has 2 saturated heterocycles. The van der Waals surface area contributed by atoms with Crippen LogP contribution in [-0.2, 0) is 9.59 Å². The van der Waals surface area contributed by atoms with Crippen LogP contribution in [0.15, 0.2) is 30.3 Å². The lowest BCUT2D eigenvalue weighted by atomic mass is 9.96. The second-order valence-corrected chi connectivity index (χ2v) is 8.18. The van der Waals surface area contributed by atoms with Gasteiger partial charge in [-0.3, -0.25) is 9.59 Å². The van der Waals surface area contributed by atoms with Crippen molar-refractivity contribution >= 4 is 23.5 Å². The molecule has 2 fully saturated rings. The van der Waals surface area contributed by atoms with Crippen LogP contribution < -0.4 is 10.2 Å². The summed E-state index contributed by atoms with van der Waals surface area (Å²) < 4.78 is 0. The molecule has 2 heterocycles. The predicted molar refractivity (Wildman–Crippen MR) is 116 cm³/mol. The number of piperidine rings is 1. The highest BCUT2D eigenvalue weighted by Gasteiger charge is 2.28. The van der Waals surface area contributed by atoms with Gasteiger partial charge in [-0.2, -0.15) is 0 Å². The largest absolute Gasteiger partial charge is 0.368 e. The lowest BCUT2D eigenvalue weighted by Gasteiger charge is -2.36. The summed E-state index contributed by atoms with van der Waals surface area (Å²) in [6.45, 7) is 4.63. The molecule has 0 atom stereocenters. The van der Waals surface area contributed by atoms with Gasteiger partial charge < -0.3 is 24.9 Å². The van der Waals surface area contributed by atoms with Gasteiger partial charge in [0.05, 0.1) is 0 Å². The minimum atomic E-state index is -0.0827. The summed E-state index contributed by atoms with van der Waals surface area (Å²) in [4.78, 5) is 44.4. The van der Waals surface area contributed by atoms with E-state index >= 15 is 0 Å². The highest BCUT2D eigenvalue weighted by Crippen LogP contribution is 2.18. The quantitative estimate of drug-likeness (QED) is 0.785. The molecule has 0 aromatic heterocycles. The fourth-order valence-electron chi connectivity index (χ4n) is 4.06. The molecule has 2 aliphatic heterocycles. The maximum atomic E-state index is 12.5. The molecule has 0 unspecified atom stereocenters. The number of hydrogen-bond acceptors (Lipinski definition) is 4. The molecular formula is C22H33N5O3. The maximum Gasteiger partial charge on any atom is 0.319 e. The Kier molecular flexibility index (Phi) is 7.54. The van der Waals surface area contributed by atoms with Gasteiger partial charge >= 0.3 is 6.03 Å². The summed E-state index contributed by atoms with van der Waals surface area (Å²) in [7, 11) is 3.47. The van der Waals surface area contributed by atoms with Crippen molar-refractivity contribution in [3.8, 4) is 0 Å². The molecule has 4 amide bonds. The third kappa shape index (κ3) is 5.64. The Balaban J connectivity index is 1.33. The first-order valence-electron chi connectivity index (χ1n) is 10.8. The maximum absolute atomic E-state index is 12.5. The Morgan fingerprint density at radius 2 is 1.57 bits per heavy atom. The molecule has 2 aliphatic rings. The summed E-state index contributed by atoms with van der Waals surface area (Å²) in [6.07, 6.45) is 1.66. The Bertz CT molecular complexity index is 724. The molecule has 1 N–H and O–H groups in total. The zero-order valence-electron chi connectivity index (χ0n) is 18.0. The number of amides is 4. The zero-order chi connectivity index (χ0) is 21.5. The van der Waals surface area contributed by atoms with Crippen molar-refractivity contribution in [1.82, 2.24) is 20.0 Å². The minimum Gasteiger partial charge on any atom is -0.368 e. The molecular weight excluding hydrogens is 382 g/mol. The van der Waals surface area contributed by atoms with E-state index in [4.69, 9.17) is 0 Å². The van der Waals surface area contributed by atoms with Crippen LogP contribution in [-0.4, -0.2) is 92.5 Å². The highest BCUT2D eigenvalue weighted by molar-refractivity contribution is 5.81. The van der Waals surface area contributed by atoms with Crippen molar-refractivity contribution in [2.45, 2.75) is 19.3 Å². The molecule has 0 spiro atoms. The van der Waals surface area contributed by atoms with E-state index < -0.39 is 0 Å². The first-order valence-corrected chi connectivity index (χ1v) is 10.8. The normalized spacial score (nSPS) is 17.6. The number of likely N-dealkylation sites (tertiary alicyclic amines) is 1. The smallest absolute Gasteiger partial charge is 0.319 e. The Hall–Kier alpha value is -2.77. The first kappa shape index (κ1) is 21.9. The van der Waals surface area contributed by atoms with Crippen LogP contribution >= 0.6 is 0 Å². The second-order valence-electron chi connectivity index (χ2n) is 8.18. The van der Waals surface area contributed by atoms with Gasteiger partial charge in [0.2, 0.25) is 11.8 Å². The number of hydrogen-bond donors (Lipinski definition) is 1. The van der Waals surface area contributed by atoms with Crippen LogP contribution in [0.3, 0.4) is 0 Å². The van der Waals surface area contributed by atoms with E-state index in [1.807, 2.05) is 23.1 Å². The Morgan fingerprint density at radius 1 is 0.933 bits per heavy atom. The predicted octanol–water partition coefficient (Wildman–Crippen LogP) is 1.24. The number of nitrogens with one attached hydrogen (secondary N) is 1. The molecule has 0 saturated carbocycles. The van der Waals surface area contributed by atoms with E-state index in [0.717, 1.165) is 13.1 Å². The van der Waals surface area contributed by atoms with E-state index in [1.54, 1.807) is 23.9 Å². The SMILES string of the molecule is CN(C)C(=O)N1CCC(C(=O)NCCC(=O)N2CCN(c3ccccc3)CC2)CC1. The lowest BCUT2D eigenvalue weighted by Crippen LogP contribution is -2.49. The molecule has 1 aromatic carbocycles. The van der Waals surface area contributed by atoms with E-state index in [9.17, 15) is 14.4 Å². The van der Waals surface area contributed by atoms with Crippen LogP contribution in [0, 0.1) is 5.92 Å². The monoisotopic (exact) mass is 415 g/mol. The summed E-state index contributed by atoms with van der Waals surface area (Å²) in [5.74, 6) is 0.00351. The molecule has 8 heteroatoms. The number of anilines is 1.